The molecule has 0 unspecified atom stereocenters. The molecule has 5 aromatic rings. The normalized spacial score (nSPS) is 10.4. The van der Waals surface area contributed by atoms with Crippen LogP contribution >= 0.6 is 0 Å². The summed E-state index contributed by atoms with van der Waals surface area (Å²) in [5, 5.41) is 2.28. The number of fused-ring (bicyclic) bond motifs is 3. The quantitative estimate of drug-likeness (QED) is 0.448. The Balaban J connectivity index is 0.000000129. The van der Waals surface area contributed by atoms with Gasteiger partial charge in [0.1, 0.15) is 5.82 Å². The average Bonchev–Trinajstić information content (AvgIpc) is 3.24. The molecule has 0 aliphatic carbocycles. The van der Waals surface area contributed by atoms with Crippen molar-refractivity contribution in [2.45, 2.75) is 0 Å². The lowest BCUT2D eigenvalue weighted by atomic mass is 10.1. The summed E-state index contributed by atoms with van der Waals surface area (Å²) >= 11 is 0. The van der Waals surface area contributed by atoms with Crippen LogP contribution in [-0.4, -0.2) is 19.9 Å². The zero-order valence-electron chi connectivity index (χ0n) is 13.5. The standard InChI is InChI=1S/C12H8N2.C9H8N2/c1-3-9-5-6-11-10(4-2-7-13-11)12(9)14-8-1;1-2-4-8(5-3-1)9-10-6-7-11-9/h1-8H;1-7H,(H,10,11). The van der Waals surface area contributed by atoms with Crippen LogP contribution < -0.4 is 0 Å². The number of nitrogens with zero attached hydrogens (tertiary/aromatic N) is 3. The van der Waals surface area contributed by atoms with Gasteiger partial charge in [-0.2, -0.15) is 0 Å². The Hall–Kier alpha value is -3.53. The SMILES string of the molecule is c1ccc(-c2ncc[nH]2)cc1.c1cnc2c(c1)ccc1ncccc12. The molecule has 0 radical (unpaired) electrons. The number of rotatable bonds is 1. The third-order valence-corrected chi connectivity index (χ3v) is 3.90. The van der Waals surface area contributed by atoms with Crippen LogP contribution in [0.1, 0.15) is 0 Å². The number of hydrogen-bond donors (Lipinski definition) is 1. The van der Waals surface area contributed by atoms with Gasteiger partial charge in [-0.15, -0.1) is 0 Å². The second-order valence-corrected chi connectivity index (χ2v) is 5.51. The zero-order valence-corrected chi connectivity index (χ0v) is 13.5. The van der Waals surface area contributed by atoms with Crippen LogP contribution in [0.15, 0.2) is 91.5 Å². The molecule has 0 saturated heterocycles. The van der Waals surface area contributed by atoms with Gasteiger partial charge in [-0.1, -0.05) is 42.5 Å². The summed E-state index contributed by atoms with van der Waals surface area (Å²) in [6, 6.07) is 22.1. The molecule has 2 aromatic carbocycles. The van der Waals surface area contributed by atoms with Gasteiger partial charge in [0.25, 0.3) is 0 Å². The smallest absolute Gasteiger partial charge is 0.137 e. The van der Waals surface area contributed by atoms with Crippen molar-refractivity contribution in [1.82, 2.24) is 19.9 Å². The molecule has 4 heteroatoms. The number of pyridine rings is 2. The van der Waals surface area contributed by atoms with E-state index in [0.29, 0.717) is 0 Å². The first-order chi connectivity index (χ1) is 12.4. The topological polar surface area (TPSA) is 54.5 Å². The van der Waals surface area contributed by atoms with E-state index in [4.69, 9.17) is 0 Å². The highest BCUT2D eigenvalue weighted by Crippen LogP contribution is 2.21. The van der Waals surface area contributed by atoms with Crippen molar-refractivity contribution in [3.63, 3.8) is 0 Å². The number of hydrogen-bond acceptors (Lipinski definition) is 3. The van der Waals surface area contributed by atoms with E-state index in [1.807, 2.05) is 60.9 Å². The maximum atomic E-state index is 4.37. The molecule has 0 saturated carbocycles. The van der Waals surface area contributed by atoms with E-state index >= 15 is 0 Å². The second-order valence-electron chi connectivity index (χ2n) is 5.51. The van der Waals surface area contributed by atoms with Crippen LogP contribution in [0.5, 0.6) is 0 Å². The number of benzene rings is 2. The van der Waals surface area contributed by atoms with E-state index in [9.17, 15) is 0 Å². The van der Waals surface area contributed by atoms with E-state index in [1.165, 1.54) is 0 Å². The van der Waals surface area contributed by atoms with Gasteiger partial charge >= 0.3 is 0 Å². The summed E-state index contributed by atoms with van der Waals surface area (Å²) in [5.41, 5.74) is 3.15. The third kappa shape index (κ3) is 3.23. The Labute approximate surface area is 145 Å². The summed E-state index contributed by atoms with van der Waals surface area (Å²) in [6.07, 6.45) is 7.19. The summed E-state index contributed by atoms with van der Waals surface area (Å²) in [4.78, 5) is 15.8. The van der Waals surface area contributed by atoms with Crippen molar-refractivity contribution in [1.29, 1.82) is 0 Å². The van der Waals surface area contributed by atoms with Crippen LogP contribution in [0.4, 0.5) is 0 Å². The molecule has 0 aliphatic rings. The van der Waals surface area contributed by atoms with Gasteiger partial charge in [-0.05, 0) is 24.3 Å². The number of H-pyrrole nitrogens is 1. The van der Waals surface area contributed by atoms with Gasteiger partial charge in [-0.3, -0.25) is 9.97 Å². The molecule has 5 rings (SSSR count). The lowest BCUT2D eigenvalue weighted by Crippen LogP contribution is -1.82. The predicted molar refractivity (Wildman–Crippen MR) is 101 cm³/mol. The van der Waals surface area contributed by atoms with Crippen molar-refractivity contribution in [2.75, 3.05) is 0 Å². The van der Waals surface area contributed by atoms with Gasteiger partial charge < -0.3 is 4.98 Å². The van der Waals surface area contributed by atoms with Gasteiger partial charge in [0, 0.05) is 41.1 Å². The minimum atomic E-state index is 0.922. The maximum absolute atomic E-state index is 4.37. The number of aromatic amines is 1. The summed E-state index contributed by atoms with van der Waals surface area (Å²) in [7, 11) is 0. The van der Waals surface area contributed by atoms with Crippen molar-refractivity contribution in [3.8, 4) is 11.4 Å². The molecular formula is C21H16N4. The molecule has 1 N–H and O–H groups in total. The molecule has 0 aliphatic heterocycles. The highest BCUT2D eigenvalue weighted by Gasteiger charge is 1.99. The Kier molecular flexibility index (Phi) is 4.16. The van der Waals surface area contributed by atoms with Crippen molar-refractivity contribution in [3.05, 3.63) is 91.5 Å². The molecule has 120 valence electrons. The molecule has 4 nitrogen and oxygen atoms in total. The fourth-order valence-electron chi connectivity index (χ4n) is 2.72. The molecule has 0 fully saturated rings. The largest absolute Gasteiger partial charge is 0.345 e. The van der Waals surface area contributed by atoms with Crippen LogP contribution in [0.3, 0.4) is 0 Å². The van der Waals surface area contributed by atoms with Gasteiger partial charge in [0.05, 0.1) is 11.0 Å². The molecule has 25 heavy (non-hydrogen) atoms. The van der Waals surface area contributed by atoms with Crippen LogP contribution in [0.25, 0.3) is 33.2 Å². The fraction of sp³-hybridized carbons (Fsp3) is 0. The molecule has 3 heterocycles. The molecule has 0 bridgehead atoms. The average molecular weight is 324 g/mol. The maximum Gasteiger partial charge on any atom is 0.137 e. The highest BCUT2D eigenvalue weighted by molar-refractivity contribution is 6.03. The van der Waals surface area contributed by atoms with E-state index < -0.39 is 0 Å². The van der Waals surface area contributed by atoms with Gasteiger partial charge in [0.2, 0.25) is 0 Å². The minimum absolute atomic E-state index is 0.922. The summed E-state index contributed by atoms with van der Waals surface area (Å²) in [5.74, 6) is 0.922. The number of nitrogens with one attached hydrogen (secondary N) is 1. The highest BCUT2D eigenvalue weighted by atomic mass is 14.9. The Bertz CT molecular complexity index is 1030. The first-order valence-corrected chi connectivity index (χ1v) is 8.05. The lowest BCUT2D eigenvalue weighted by Gasteiger charge is -2.00. The van der Waals surface area contributed by atoms with Crippen LogP contribution in [-0.2, 0) is 0 Å². The van der Waals surface area contributed by atoms with E-state index in [2.05, 4.69) is 38.1 Å². The van der Waals surface area contributed by atoms with Crippen molar-refractivity contribution < 1.29 is 0 Å². The minimum Gasteiger partial charge on any atom is -0.345 e. The Morgan fingerprint density at radius 3 is 2.32 bits per heavy atom. The van der Waals surface area contributed by atoms with Crippen LogP contribution in [0.2, 0.25) is 0 Å². The van der Waals surface area contributed by atoms with Crippen molar-refractivity contribution >= 4 is 21.8 Å². The molecule has 3 aromatic heterocycles. The predicted octanol–water partition coefficient (Wildman–Crippen LogP) is 4.86. The molecule has 0 spiro atoms. The fourth-order valence-corrected chi connectivity index (χ4v) is 2.72. The number of aromatic nitrogens is 4. The zero-order chi connectivity index (χ0) is 16.9. The monoisotopic (exact) mass is 324 g/mol. The van der Waals surface area contributed by atoms with Crippen molar-refractivity contribution in [2.24, 2.45) is 0 Å². The molecular weight excluding hydrogens is 308 g/mol. The first-order valence-electron chi connectivity index (χ1n) is 8.05. The molecule has 0 atom stereocenters. The summed E-state index contributed by atoms with van der Waals surface area (Å²) < 4.78 is 0. The summed E-state index contributed by atoms with van der Waals surface area (Å²) in [6.45, 7) is 0. The second kappa shape index (κ2) is 6.93. The third-order valence-electron chi connectivity index (χ3n) is 3.90. The van der Waals surface area contributed by atoms with E-state index in [-0.39, 0.29) is 0 Å². The lowest BCUT2D eigenvalue weighted by molar-refractivity contribution is 1.31. The van der Waals surface area contributed by atoms with E-state index in [0.717, 1.165) is 33.2 Å². The first kappa shape index (κ1) is 15.0. The molecule has 0 amide bonds. The van der Waals surface area contributed by atoms with Gasteiger partial charge in [-0.25, -0.2) is 4.98 Å². The Morgan fingerprint density at radius 1 is 0.640 bits per heavy atom. The Morgan fingerprint density at radius 2 is 1.48 bits per heavy atom. The van der Waals surface area contributed by atoms with Crippen LogP contribution in [0, 0.1) is 0 Å². The van der Waals surface area contributed by atoms with E-state index in [1.54, 1.807) is 12.4 Å². The number of imidazole rings is 1. The van der Waals surface area contributed by atoms with Gasteiger partial charge in [0.15, 0.2) is 0 Å².